The van der Waals surface area contributed by atoms with Gasteiger partial charge >= 0.3 is 0 Å². The second-order valence-electron chi connectivity index (χ2n) is 7.61. The van der Waals surface area contributed by atoms with Crippen LogP contribution in [0.5, 0.6) is 0 Å². The molecule has 29 heavy (non-hydrogen) atoms. The molecule has 0 bridgehead atoms. The van der Waals surface area contributed by atoms with E-state index in [0.29, 0.717) is 0 Å². The van der Waals surface area contributed by atoms with Gasteiger partial charge in [-0.25, -0.2) is 15.0 Å². The number of thiazole rings is 1. The van der Waals surface area contributed by atoms with Gasteiger partial charge in [0.25, 0.3) is 0 Å². The van der Waals surface area contributed by atoms with Crippen molar-refractivity contribution in [2.75, 3.05) is 49.1 Å². The molecule has 0 spiro atoms. The van der Waals surface area contributed by atoms with Crippen LogP contribution in [0.2, 0.25) is 0 Å². The van der Waals surface area contributed by atoms with Gasteiger partial charge in [-0.3, -0.25) is 4.79 Å². The molecule has 2 aliphatic rings. The summed E-state index contributed by atoms with van der Waals surface area (Å²) in [6, 6.07) is 10.1. The van der Waals surface area contributed by atoms with Gasteiger partial charge in [0.1, 0.15) is 0 Å². The smallest absolute Gasteiger partial charge is 0.227 e. The van der Waals surface area contributed by atoms with Crippen LogP contribution in [0.25, 0.3) is 10.2 Å². The zero-order chi connectivity index (χ0) is 19.6. The van der Waals surface area contributed by atoms with Crippen molar-refractivity contribution >= 4 is 38.5 Å². The number of aromatic nitrogens is 3. The summed E-state index contributed by atoms with van der Waals surface area (Å²) in [5, 5.41) is 1.04. The number of fused-ring (bicyclic) bond motifs is 1. The van der Waals surface area contributed by atoms with Crippen LogP contribution in [0, 0.1) is 5.92 Å². The Bertz CT molecular complexity index is 952. The topological polar surface area (TPSA) is 65.5 Å². The van der Waals surface area contributed by atoms with Crippen molar-refractivity contribution in [1.82, 2.24) is 19.9 Å². The summed E-state index contributed by atoms with van der Waals surface area (Å²) in [6.07, 6.45) is 5.52. The zero-order valence-electron chi connectivity index (χ0n) is 16.3. The predicted molar refractivity (Wildman–Crippen MR) is 115 cm³/mol. The lowest BCUT2D eigenvalue weighted by Gasteiger charge is -2.39. The molecule has 150 valence electrons. The van der Waals surface area contributed by atoms with E-state index in [1.54, 1.807) is 23.7 Å². The monoisotopic (exact) mass is 408 g/mol. The van der Waals surface area contributed by atoms with E-state index in [2.05, 4.69) is 31.9 Å². The number of hydrogen-bond donors (Lipinski definition) is 0. The molecular formula is C21H24N6OS. The number of anilines is 2. The summed E-state index contributed by atoms with van der Waals surface area (Å²) >= 11 is 1.72. The van der Waals surface area contributed by atoms with E-state index >= 15 is 0 Å². The molecule has 1 unspecified atom stereocenters. The number of nitrogens with zero attached hydrogens (tertiary/aromatic N) is 6. The highest BCUT2D eigenvalue weighted by molar-refractivity contribution is 7.22. The number of piperazine rings is 1. The van der Waals surface area contributed by atoms with Crippen molar-refractivity contribution < 1.29 is 4.79 Å². The van der Waals surface area contributed by atoms with Gasteiger partial charge in [-0.05, 0) is 31.0 Å². The molecule has 7 nitrogen and oxygen atoms in total. The van der Waals surface area contributed by atoms with Crippen molar-refractivity contribution in [2.24, 2.45) is 5.92 Å². The van der Waals surface area contributed by atoms with Gasteiger partial charge in [-0.2, -0.15) is 0 Å². The van der Waals surface area contributed by atoms with Crippen molar-refractivity contribution in [2.45, 2.75) is 12.8 Å². The molecule has 0 N–H and O–H groups in total. The lowest BCUT2D eigenvalue weighted by atomic mass is 9.96. The van der Waals surface area contributed by atoms with Crippen molar-refractivity contribution in [3.05, 3.63) is 42.7 Å². The Morgan fingerprint density at radius 3 is 2.55 bits per heavy atom. The van der Waals surface area contributed by atoms with Crippen LogP contribution >= 0.6 is 11.3 Å². The molecule has 0 saturated carbocycles. The SMILES string of the molecule is O=C(C1CCCN(c2nc3ccccc3s2)C1)N1CCN(c2ncccn2)CC1. The van der Waals surface area contributed by atoms with Crippen LogP contribution in [0.15, 0.2) is 42.7 Å². The maximum Gasteiger partial charge on any atom is 0.227 e. The molecule has 1 aromatic carbocycles. The molecule has 1 amide bonds. The fraction of sp³-hybridized carbons (Fsp3) is 0.429. The van der Waals surface area contributed by atoms with Gasteiger partial charge in [-0.15, -0.1) is 0 Å². The maximum absolute atomic E-state index is 13.2. The molecule has 1 atom stereocenters. The quantitative estimate of drug-likeness (QED) is 0.664. The highest BCUT2D eigenvalue weighted by Gasteiger charge is 2.32. The highest BCUT2D eigenvalue weighted by Crippen LogP contribution is 2.32. The Labute approximate surface area is 174 Å². The van der Waals surface area contributed by atoms with Crippen molar-refractivity contribution in [3.63, 3.8) is 0 Å². The zero-order valence-corrected chi connectivity index (χ0v) is 17.1. The minimum absolute atomic E-state index is 0.0512. The normalized spacial score (nSPS) is 20.3. The fourth-order valence-corrected chi connectivity index (χ4v) is 5.19. The van der Waals surface area contributed by atoms with Gasteiger partial charge in [-0.1, -0.05) is 23.5 Å². The van der Waals surface area contributed by atoms with Gasteiger partial charge < -0.3 is 14.7 Å². The van der Waals surface area contributed by atoms with Crippen molar-refractivity contribution in [1.29, 1.82) is 0 Å². The van der Waals surface area contributed by atoms with Crippen LogP contribution in [-0.2, 0) is 4.79 Å². The molecule has 0 aliphatic carbocycles. The van der Waals surface area contributed by atoms with E-state index in [4.69, 9.17) is 4.98 Å². The van der Waals surface area contributed by atoms with E-state index in [9.17, 15) is 4.79 Å². The standard InChI is InChI=1S/C21H24N6OS/c28-19(25-11-13-26(14-12-25)20-22-8-4-9-23-20)16-5-3-10-27(15-16)21-24-17-6-1-2-7-18(17)29-21/h1-2,4,6-9,16H,3,5,10-15H2. The van der Waals surface area contributed by atoms with E-state index < -0.39 is 0 Å². The Morgan fingerprint density at radius 2 is 1.76 bits per heavy atom. The Morgan fingerprint density at radius 1 is 0.966 bits per heavy atom. The third kappa shape index (κ3) is 3.76. The highest BCUT2D eigenvalue weighted by atomic mass is 32.1. The van der Waals surface area contributed by atoms with Gasteiger partial charge in [0.2, 0.25) is 11.9 Å². The Balaban J connectivity index is 1.22. The average molecular weight is 409 g/mol. The predicted octanol–water partition coefficient (Wildman–Crippen LogP) is 2.65. The van der Waals surface area contributed by atoms with Gasteiger partial charge in [0.15, 0.2) is 5.13 Å². The molecular weight excluding hydrogens is 384 g/mol. The summed E-state index contributed by atoms with van der Waals surface area (Å²) in [4.78, 5) is 33.1. The summed E-state index contributed by atoms with van der Waals surface area (Å²) in [7, 11) is 0. The number of para-hydroxylation sites is 1. The van der Waals surface area contributed by atoms with Crippen LogP contribution < -0.4 is 9.80 Å². The summed E-state index contributed by atoms with van der Waals surface area (Å²) < 4.78 is 1.20. The number of carbonyl (C=O) groups excluding carboxylic acids is 1. The number of piperidine rings is 1. The van der Waals surface area contributed by atoms with E-state index in [0.717, 1.165) is 68.7 Å². The summed E-state index contributed by atoms with van der Waals surface area (Å²) in [6.45, 7) is 4.76. The van der Waals surface area contributed by atoms with Crippen LogP contribution in [-0.4, -0.2) is 65.0 Å². The lowest BCUT2D eigenvalue weighted by molar-refractivity contribution is -0.136. The van der Waals surface area contributed by atoms with Gasteiger partial charge in [0.05, 0.1) is 16.1 Å². The second kappa shape index (κ2) is 7.94. The molecule has 5 rings (SSSR count). The fourth-order valence-electron chi connectivity index (χ4n) is 4.19. The van der Waals surface area contributed by atoms with Gasteiger partial charge in [0, 0.05) is 51.7 Å². The third-order valence-electron chi connectivity index (χ3n) is 5.75. The third-order valence-corrected chi connectivity index (χ3v) is 6.85. The minimum atomic E-state index is 0.0512. The largest absolute Gasteiger partial charge is 0.347 e. The van der Waals surface area contributed by atoms with Crippen LogP contribution in [0.1, 0.15) is 12.8 Å². The first-order chi connectivity index (χ1) is 14.3. The van der Waals surface area contributed by atoms with E-state index in [-0.39, 0.29) is 11.8 Å². The molecule has 2 saturated heterocycles. The van der Waals surface area contributed by atoms with E-state index in [1.165, 1.54) is 4.70 Å². The van der Waals surface area contributed by atoms with Crippen LogP contribution in [0.4, 0.5) is 11.1 Å². The first kappa shape index (κ1) is 18.3. The molecule has 2 aliphatic heterocycles. The molecule has 3 aromatic rings. The average Bonchev–Trinajstić information content (AvgIpc) is 3.24. The second-order valence-corrected chi connectivity index (χ2v) is 8.62. The molecule has 2 aromatic heterocycles. The van der Waals surface area contributed by atoms with E-state index in [1.807, 2.05) is 23.1 Å². The van der Waals surface area contributed by atoms with Crippen LogP contribution in [0.3, 0.4) is 0 Å². The molecule has 2 fully saturated rings. The first-order valence-electron chi connectivity index (χ1n) is 10.2. The summed E-state index contributed by atoms with van der Waals surface area (Å²) in [5.74, 6) is 1.08. The number of carbonyl (C=O) groups is 1. The number of hydrogen-bond acceptors (Lipinski definition) is 7. The first-order valence-corrected chi connectivity index (χ1v) is 11.0. The Kier molecular flexibility index (Phi) is 5.01. The molecule has 4 heterocycles. The van der Waals surface area contributed by atoms with Crippen molar-refractivity contribution in [3.8, 4) is 0 Å². The molecule has 0 radical (unpaired) electrons. The number of rotatable bonds is 3. The maximum atomic E-state index is 13.2. The number of benzene rings is 1. The lowest BCUT2D eigenvalue weighted by Crippen LogP contribution is -2.53. The molecule has 8 heteroatoms. The Hall–Kier alpha value is -2.74. The number of amides is 1. The minimum Gasteiger partial charge on any atom is -0.347 e. The summed E-state index contributed by atoms with van der Waals surface area (Å²) in [5.41, 5.74) is 1.04.